The fourth-order valence-corrected chi connectivity index (χ4v) is 3.61. The zero-order valence-corrected chi connectivity index (χ0v) is 18.3. The van der Waals surface area contributed by atoms with Gasteiger partial charge < -0.3 is 14.8 Å². The van der Waals surface area contributed by atoms with E-state index in [9.17, 15) is 9.90 Å². The highest BCUT2D eigenvalue weighted by Crippen LogP contribution is 2.33. The summed E-state index contributed by atoms with van der Waals surface area (Å²) < 4.78 is 5.77. The van der Waals surface area contributed by atoms with Gasteiger partial charge in [0, 0.05) is 11.8 Å². The van der Waals surface area contributed by atoms with Gasteiger partial charge in [0.25, 0.3) is 5.91 Å². The van der Waals surface area contributed by atoms with Crippen molar-refractivity contribution in [2.24, 2.45) is 0 Å². The number of hydrogen-bond acceptors (Lipinski definition) is 5. The predicted octanol–water partition coefficient (Wildman–Crippen LogP) is 5.60. The molecule has 0 bridgehead atoms. The second kappa shape index (κ2) is 8.37. The van der Waals surface area contributed by atoms with Crippen LogP contribution in [-0.2, 0) is 0 Å². The molecule has 1 amide bonds. The van der Waals surface area contributed by atoms with Crippen LogP contribution in [0.5, 0.6) is 5.75 Å². The number of phenolic OH excluding ortho intramolecular Hbond substituents is 1. The number of aromatic hydroxyl groups is 1. The first-order valence-electron chi connectivity index (χ1n) is 9.39. The van der Waals surface area contributed by atoms with Crippen molar-refractivity contribution in [2.45, 2.75) is 13.8 Å². The van der Waals surface area contributed by atoms with Crippen molar-refractivity contribution in [3.8, 4) is 17.2 Å². The minimum Gasteiger partial charge on any atom is -0.507 e. The first-order valence-corrected chi connectivity index (χ1v) is 10.2. The lowest BCUT2D eigenvalue weighted by Crippen LogP contribution is -2.34. The summed E-state index contributed by atoms with van der Waals surface area (Å²) in [4.78, 5) is 16.8. The van der Waals surface area contributed by atoms with Crippen molar-refractivity contribution in [1.82, 2.24) is 10.3 Å². The number of carbonyl (C=O) groups excluding carboxylic acids is 1. The van der Waals surface area contributed by atoms with Gasteiger partial charge >= 0.3 is 0 Å². The van der Waals surface area contributed by atoms with Crippen molar-refractivity contribution in [1.29, 1.82) is 0 Å². The molecular weight excluding hydrogens is 434 g/mol. The first kappa shape index (κ1) is 20.8. The van der Waals surface area contributed by atoms with Crippen LogP contribution >= 0.6 is 23.8 Å². The van der Waals surface area contributed by atoms with Gasteiger partial charge in [-0.3, -0.25) is 10.1 Å². The van der Waals surface area contributed by atoms with Crippen LogP contribution in [0.1, 0.15) is 21.5 Å². The van der Waals surface area contributed by atoms with E-state index in [0.717, 1.165) is 11.1 Å². The SMILES string of the molecule is Cc1ccc(C(=O)NC(=S)Nc2ccc(-c3nc4ccc(C)cc4o3)c(O)c2)c(Cl)c1. The van der Waals surface area contributed by atoms with Gasteiger partial charge in [0.15, 0.2) is 10.7 Å². The number of aryl methyl sites for hydroxylation is 2. The summed E-state index contributed by atoms with van der Waals surface area (Å²) in [6.45, 7) is 3.85. The number of anilines is 1. The van der Waals surface area contributed by atoms with Crippen molar-refractivity contribution in [2.75, 3.05) is 5.32 Å². The third kappa shape index (κ3) is 4.52. The number of amides is 1. The van der Waals surface area contributed by atoms with E-state index in [4.69, 9.17) is 28.2 Å². The molecule has 6 nitrogen and oxygen atoms in total. The standard InChI is InChI=1S/C23H18ClN3O3S/c1-12-3-6-15(17(24)9-12)21(29)27-23(31)25-14-5-7-16(19(28)11-14)22-26-18-8-4-13(2)10-20(18)30-22/h3-11,28H,1-2H3,(H2,25,27,29,31). The zero-order valence-electron chi connectivity index (χ0n) is 16.7. The normalized spacial score (nSPS) is 10.8. The Morgan fingerprint density at radius 3 is 2.55 bits per heavy atom. The molecule has 3 aromatic carbocycles. The van der Waals surface area contributed by atoms with E-state index in [1.807, 2.05) is 32.0 Å². The molecule has 0 radical (unpaired) electrons. The topological polar surface area (TPSA) is 87.4 Å². The van der Waals surface area contributed by atoms with E-state index in [2.05, 4.69) is 15.6 Å². The highest BCUT2D eigenvalue weighted by molar-refractivity contribution is 7.80. The molecule has 0 unspecified atom stereocenters. The third-order valence-corrected chi connectivity index (χ3v) is 5.14. The molecule has 3 N–H and O–H groups in total. The molecule has 0 atom stereocenters. The van der Waals surface area contributed by atoms with Crippen LogP contribution in [0, 0.1) is 13.8 Å². The van der Waals surface area contributed by atoms with E-state index in [1.165, 1.54) is 6.07 Å². The highest BCUT2D eigenvalue weighted by Gasteiger charge is 2.15. The maximum atomic E-state index is 12.4. The summed E-state index contributed by atoms with van der Waals surface area (Å²) in [5.74, 6) is -0.149. The van der Waals surface area contributed by atoms with Gasteiger partial charge in [0.2, 0.25) is 5.89 Å². The lowest BCUT2D eigenvalue weighted by Gasteiger charge is -2.11. The average molecular weight is 452 g/mol. The molecule has 0 aliphatic rings. The predicted molar refractivity (Wildman–Crippen MR) is 126 cm³/mol. The number of nitrogens with zero attached hydrogens (tertiary/aromatic N) is 1. The number of fused-ring (bicyclic) bond motifs is 1. The van der Waals surface area contributed by atoms with Crippen LogP contribution in [-0.4, -0.2) is 21.1 Å². The number of halogens is 1. The van der Waals surface area contributed by atoms with Crippen LogP contribution < -0.4 is 10.6 Å². The Kier molecular flexibility index (Phi) is 5.63. The van der Waals surface area contributed by atoms with E-state index < -0.39 is 5.91 Å². The zero-order chi connectivity index (χ0) is 22.1. The molecule has 4 rings (SSSR count). The first-order chi connectivity index (χ1) is 14.8. The molecule has 0 saturated heterocycles. The molecule has 4 aromatic rings. The van der Waals surface area contributed by atoms with Crippen LogP contribution in [0.3, 0.4) is 0 Å². The van der Waals surface area contributed by atoms with Crippen molar-refractivity contribution < 1.29 is 14.3 Å². The van der Waals surface area contributed by atoms with Gasteiger partial charge in [-0.15, -0.1) is 0 Å². The fraction of sp³-hybridized carbons (Fsp3) is 0.0870. The summed E-state index contributed by atoms with van der Waals surface area (Å²) in [5.41, 5.74) is 4.62. The Morgan fingerprint density at radius 2 is 1.81 bits per heavy atom. The van der Waals surface area contributed by atoms with Crippen LogP contribution in [0.25, 0.3) is 22.6 Å². The number of rotatable bonds is 3. The minimum absolute atomic E-state index is 0.0380. The van der Waals surface area contributed by atoms with Gasteiger partial charge in [-0.1, -0.05) is 23.7 Å². The highest BCUT2D eigenvalue weighted by atomic mass is 35.5. The van der Waals surface area contributed by atoms with Crippen molar-refractivity contribution in [3.05, 3.63) is 76.3 Å². The molecule has 0 saturated carbocycles. The van der Waals surface area contributed by atoms with Crippen LogP contribution in [0.15, 0.2) is 59.0 Å². The van der Waals surface area contributed by atoms with Gasteiger partial charge in [-0.05, 0) is 73.6 Å². The maximum absolute atomic E-state index is 12.4. The second-order valence-electron chi connectivity index (χ2n) is 7.11. The summed E-state index contributed by atoms with van der Waals surface area (Å²) in [6.07, 6.45) is 0. The van der Waals surface area contributed by atoms with E-state index >= 15 is 0 Å². The summed E-state index contributed by atoms with van der Waals surface area (Å²) >= 11 is 11.3. The van der Waals surface area contributed by atoms with Crippen molar-refractivity contribution in [3.63, 3.8) is 0 Å². The lowest BCUT2D eigenvalue weighted by molar-refractivity contribution is 0.0978. The monoisotopic (exact) mass is 451 g/mol. The lowest BCUT2D eigenvalue weighted by atomic mass is 10.1. The molecule has 1 heterocycles. The molecule has 0 spiro atoms. The maximum Gasteiger partial charge on any atom is 0.258 e. The number of phenols is 1. The quantitative estimate of drug-likeness (QED) is 0.351. The Balaban J connectivity index is 1.48. The largest absolute Gasteiger partial charge is 0.507 e. The smallest absolute Gasteiger partial charge is 0.258 e. The Morgan fingerprint density at radius 1 is 1.06 bits per heavy atom. The van der Waals surface area contributed by atoms with E-state index in [1.54, 1.807) is 30.3 Å². The number of hydrogen-bond donors (Lipinski definition) is 3. The molecular formula is C23H18ClN3O3S. The van der Waals surface area contributed by atoms with Crippen molar-refractivity contribution >= 4 is 51.6 Å². The fourth-order valence-electron chi connectivity index (χ4n) is 3.07. The van der Waals surface area contributed by atoms with Gasteiger partial charge in [-0.2, -0.15) is 0 Å². The molecule has 0 aliphatic heterocycles. The summed E-state index contributed by atoms with van der Waals surface area (Å²) in [6, 6.07) is 15.7. The van der Waals surface area contributed by atoms with E-state index in [0.29, 0.717) is 38.8 Å². The second-order valence-corrected chi connectivity index (χ2v) is 7.93. The van der Waals surface area contributed by atoms with E-state index in [-0.39, 0.29) is 10.9 Å². The number of oxazole rings is 1. The molecule has 1 aromatic heterocycles. The van der Waals surface area contributed by atoms with Gasteiger partial charge in [0.1, 0.15) is 11.3 Å². The summed E-state index contributed by atoms with van der Waals surface area (Å²) in [5, 5.41) is 16.3. The number of thiocarbonyl (C=S) groups is 1. The van der Waals surface area contributed by atoms with Gasteiger partial charge in [0.05, 0.1) is 16.1 Å². The van der Waals surface area contributed by atoms with Crippen LogP contribution in [0.4, 0.5) is 5.69 Å². The molecule has 0 aliphatic carbocycles. The molecule has 156 valence electrons. The Bertz CT molecular complexity index is 1330. The number of nitrogens with one attached hydrogen (secondary N) is 2. The molecule has 31 heavy (non-hydrogen) atoms. The average Bonchev–Trinajstić information content (AvgIpc) is 3.10. The number of benzene rings is 3. The van der Waals surface area contributed by atoms with Crippen LogP contribution in [0.2, 0.25) is 5.02 Å². The number of aromatic nitrogens is 1. The Labute approximate surface area is 188 Å². The Hall–Kier alpha value is -3.42. The number of carbonyl (C=O) groups is 1. The molecule has 0 fully saturated rings. The van der Waals surface area contributed by atoms with Gasteiger partial charge in [-0.25, -0.2) is 4.98 Å². The third-order valence-electron chi connectivity index (χ3n) is 4.63. The summed E-state index contributed by atoms with van der Waals surface area (Å²) in [7, 11) is 0. The molecule has 8 heteroatoms. The minimum atomic E-state index is -0.426.